The van der Waals surface area contributed by atoms with Crippen LogP contribution in [0.1, 0.15) is 23.2 Å². The van der Waals surface area contributed by atoms with E-state index in [4.69, 9.17) is 5.84 Å². The highest BCUT2D eigenvalue weighted by atomic mass is 35.5. The summed E-state index contributed by atoms with van der Waals surface area (Å²) in [4.78, 5) is 13.5. The molecule has 4 nitrogen and oxygen atoms in total. The van der Waals surface area contributed by atoms with Crippen molar-refractivity contribution in [1.29, 1.82) is 0 Å². The summed E-state index contributed by atoms with van der Waals surface area (Å²) in [5.74, 6) is 4.81. The second-order valence-electron chi connectivity index (χ2n) is 3.71. The van der Waals surface area contributed by atoms with Gasteiger partial charge in [-0.2, -0.15) is 0 Å². The molecule has 88 valence electrons. The first-order valence-corrected chi connectivity index (χ1v) is 5.17. The number of halogens is 1. The minimum atomic E-state index is -0.247. The molecule has 0 aliphatic carbocycles. The second kappa shape index (κ2) is 5.72. The van der Waals surface area contributed by atoms with Crippen LogP contribution in [0.3, 0.4) is 0 Å². The molecule has 0 atom stereocenters. The topological polar surface area (TPSA) is 58.4 Å². The number of nitrogens with zero attached hydrogens (tertiary/aromatic N) is 1. The highest BCUT2D eigenvalue weighted by Gasteiger charge is 2.12. The molecule has 0 aromatic heterocycles. The van der Waals surface area contributed by atoms with Gasteiger partial charge in [-0.25, -0.2) is 5.84 Å². The van der Waals surface area contributed by atoms with Gasteiger partial charge in [-0.3, -0.25) is 10.2 Å². The zero-order valence-electron chi connectivity index (χ0n) is 8.98. The van der Waals surface area contributed by atoms with E-state index in [0.717, 1.165) is 13.1 Å². The molecule has 5 heteroatoms. The zero-order chi connectivity index (χ0) is 10.7. The van der Waals surface area contributed by atoms with Crippen LogP contribution in [-0.2, 0) is 0 Å². The molecule has 0 spiro atoms. The Balaban J connectivity index is 0.00000128. The van der Waals surface area contributed by atoms with Gasteiger partial charge in [-0.15, -0.1) is 12.4 Å². The van der Waals surface area contributed by atoms with Gasteiger partial charge in [-0.05, 0) is 37.1 Å². The maximum Gasteiger partial charge on any atom is 0.265 e. The molecule has 16 heavy (non-hydrogen) atoms. The largest absolute Gasteiger partial charge is 0.372 e. The Morgan fingerprint density at radius 2 is 1.75 bits per heavy atom. The van der Waals surface area contributed by atoms with Gasteiger partial charge < -0.3 is 4.90 Å². The lowest BCUT2D eigenvalue weighted by Gasteiger charge is -2.17. The molecule has 1 aromatic rings. The van der Waals surface area contributed by atoms with Crippen molar-refractivity contribution < 1.29 is 4.79 Å². The molecule has 0 saturated carbocycles. The standard InChI is InChI=1S/C11H15N3O.ClH/c12-13-11(15)9-3-5-10(6-4-9)14-7-1-2-8-14;/h3-6H,1-2,7-8,12H2,(H,13,15);1H. The minimum absolute atomic E-state index is 0. The highest BCUT2D eigenvalue weighted by molar-refractivity contribution is 5.94. The van der Waals surface area contributed by atoms with E-state index in [1.807, 2.05) is 12.1 Å². The number of amides is 1. The zero-order valence-corrected chi connectivity index (χ0v) is 9.80. The molecule has 1 heterocycles. The van der Waals surface area contributed by atoms with Crippen molar-refractivity contribution in [3.63, 3.8) is 0 Å². The van der Waals surface area contributed by atoms with Crippen LogP contribution in [0, 0.1) is 0 Å². The number of benzene rings is 1. The summed E-state index contributed by atoms with van der Waals surface area (Å²) >= 11 is 0. The first-order valence-electron chi connectivity index (χ1n) is 5.17. The van der Waals surface area contributed by atoms with E-state index >= 15 is 0 Å². The normalized spacial score (nSPS) is 14.4. The number of nitrogens with two attached hydrogens (primary N) is 1. The molecule has 3 N–H and O–H groups in total. The quantitative estimate of drug-likeness (QED) is 0.466. The lowest BCUT2D eigenvalue weighted by atomic mass is 10.2. The molecule has 1 aliphatic rings. The van der Waals surface area contributed by atoms with Gasteiger partial charge in [0.2, 0.25) is 0 Å². The summed E-state index contributed by atoms with van der Waals surface area (Å²) in [6.07, 6.45) is 2.51. The summed E-state index contributed by atoms with van der Waals surface area (Å²) in [6, 6.07) is 7.54. The monoisotopic (exact) mass is 241 g/mol. The molecule has 2 rings (SSSR count). The van der Waals surface area contributed by atoms with Gasteiger partial charge in [0.25, 0.3) is 5.91 Å². The van der Waals surface area contributed by atoms with Crippen LogP contribution in [0.25, 0.3) is 0 Å². The number of hydrazine groups is 1. The number of carbonyl (C=O) groups excluding carboxylic acids is 1. The average Bonchev–Trinajstić information content (AvgIpc) is 2.82. The Bertz CT molecular complexity index is 347. The predicted molar refractivity (Wildman–Crippen MR) is 66.8 cm³/mol. The van der Waals surface area contributed by atoms with E-state index in [2.05, 4.69) is 10.3 Å². The number of carbonyl (C=O) groups is 1. The summed E-state index contributed by atoms with van der Waals surface area (Å²) in [7, 11) is 0. The van der Waals surface area contributed by atoms with Crippen molar-refractivity contribution in [2.24, 2.45) is 5.84 Å². The van der Waals surface area contributed by atoms with Gasteiger partial charge in [0, 0.05) is 24.3 Å². The van der Waals surface area contributed by atoms with Crippen molar-refractivity contribution in [3.8, 4) is 0 Å². The Morgan fingerprint density at radius 1 is 1.19 bits per heavy atom. The molecule has 1 aromatic carbocycles. The van der Waals surface area contributed by atoms with Crippen molar-refractivity contribution in [2.45, 2.75) is 12.8 Å². The van der Waals surface area contributed by atoms with Gasteiger partial charge in [0.1, 0.15) is 0 Å². The lowest BCUT2D eigenvalue weighted by molar-refractivity contribution is 0.0953. The fourth-order valence-electron chi connectivity index (χ4n) is 1.88. The van der Waals surface area contributed by atoms with Crippen LogP contribution in [0.15, 0.2) is 24.3 Å². The first kappa shape index (κ1) is 12.8. The summed E-state index contributed by atoms with van der Waals surface area (Å²) in [5, 5.41) is 0. The second-order valence-corrected chi connectivity index (χ2v) is 3.71. The van der Waals surface area contributed by atoms with Crippen LogP contribution < -0.4 is 16.2 Å². The Morgan fingerprint density at radius 3 is 2.25 bits per heavy atom. The molecule has 0 unspecified atom stereocenters. The van der Waals surface area contributed by atoms with Crippen molar-refractivity contribution in [3.05, 3.63) is 29.8 Å². The van der Waals surface area contributed by atoms with E-state index in [1.165, 1.54) is 18.5 Å². The predicted octanol–water partition coefficient (Wildman–Crippen LogP) is 1.31. The Hall–Kier alpha value is -1.26. The Labute approximate surface area is 101 Å². The molecule has 1 aliphatic heterocycles. The van der Waals surface area contributed by atoms with Gasteiger partial charge in [0.15, 0.2) is 0 Å². The summed E-state index contributed by atoms with van der Waals surface area (Å²) < 4.78 is 0. The van der Waals surface area contributed by atoms with E-state index in [-0.39, 0.29) is 18.3 Å². The minimum Gasteiger partial charge on any atom is -0.372 e. The third kappa shape index (κ3) is 2.65. The molecule has 1 amide bonds. The maximum atomic E-state index is 11.2. The SMILES string of the molecule is Cl.NNC(=O)c1ccc(N2CCCC2)cc1. The molecular formula is C11H16ClN3O. The fraction of sp³-hybridized carbons (Fsp3) is 0.364. The molecule has 1 saturated heterocycles. The number of hydrogen-bond acceptors (Lipinski definition) is 3. The van der Waals surface area contributed by atoms with Crippen LogP contribution >= 0.6 is 12.4 Å². The van der Waals surface area contributed by atoms with Gasteiger partial charge >= 0.3 is 0 Å². The van der Waals surface area contributed by atoms with Gasteiger partial charge in [0.05, 0.1) is 0 Å². The molecular weight excluding hydrogens is 226 g/mol. The summed E-state index contributed by atoms with van der Waals surface area (Å²) in [5.41, 5.74) is 3.90. The van der Waals surface area contributed by atoms with Gasteiger partial charge in [-0.1, -0.05) is 0 Å². The molecule has 1 fully saturated rings. The van der Waals surface area contributed by atoms with E-state index in [1.54, 1.807) is 12.1 Å². The van der Waals surface area contributed by atoms with E-state index in [0.29, 0.717) is 5.56 Å². The van der Waals surface area contributed by atoms with Crippen LogP contribution in [0.4, 0.5) is 5.69 Å². The third-order valence-electron chi connectivity index (χ3n) is 2.73. The number of nitrogen functional groups attached to an aromatic ring is 1. The Kier molecular flexibility index (Phi) is 4.58. The molecule has 0 radical (unpaired) electrons. The van der Waals surface area contributed by atoms with E-state index < -0.39 is 0 Å². The summed E-state index contributed by atoms with van der Waals surface area (Å²) in [6.45, 7) is 2.23. The smallest absolute Gasteiger partial charge is 0.265 e. The number of anilines is 1. The maximum absolute atomic E-state index is 11.2. The fourth-order valence-corrected chi connectivity index (χ4v) is 1.88. The van der Waals surface area contributed by atoms with E-state index in [9.17, 15) is 4.79 Å². The van der Waals surface area contributed by atoms with Crippen LogP contribution in [0.5, 0.6) is 0 Å². The highest BCUT2D eigenvalue weighted by Crippen LogP contribution is 2.20. The number of nitrogens with one attached hydrogen (secondary N) is 1. The van der Waals surface area contributed by atoms with Crippen molar-refractivity contribution in [2.75, 3.05) is 18.0 Å². The van der Waals surface area contributed by atoms with Crippen molar-refractivity contribution in [1.82, 2.24) is 5.43 Å². The average molecular weight is 242 g/mol. The number of hydrogen-bond donors (Lipinski definition) is 2. The van der Waals surface area contributed by atoms with Crippen LogP contribution in [0.2, 0.25) is 0 Å². The molecule has 0 bridgehead atoms. The number of rotatable bonds is 2. The van der Waals surface area contributed by atoms with Crippen molar-refractivity contribution >= 4 is 24.0 Å². The third-order valence-corrected chi connectivity index (χ3v) is 2.73. The van der Waals surface area contributed by atoms with Crippen LogP contribution in [-0.4, -0.2) is 19.0 Å². The lowest BCUT2D eigenvalue weighted by Crippen LogP contribution is -2.30. The first-order chi connectivity index (χ1) is 7.31.